The molecular formula is C19H20BrFN2O3. The molecule has 0 unspecified atom stereocenters. The fraction of sp³-hybridized carbons (Fsp3) is 0.263. The molecule has 0 saturated heterocycles. The summed E-state index contributed by atoms with van der Waals surface area (Å²) >= 11 is 3.17. The van der Waals surface area contributed by atoms with Gasteiger partial charge < -0.3 is 14.5 Å². The highest BCUT2D eigenvalue weighted by atomic mass is 79.9. The van der Waals surface area contributed by atoms with E-state index in [0.717, 1.165) is 17.3 Å². The van der Waals surface area contributed by atoms with Gasteiger partial charge in [0.1, 0.15) is 5.82 Å². The Labute approximate surface area is 160 Å². The maximum atomic E-state index is 13.7. The summed E-state index contributed by atoms with van der Waals surface area (Å²) in [7, 11) is 5.52. The van der Waals surface area contributed by atoms with Gasteiger partial charge in [0.15, 0.2) is 6.61 Å². The van der Waals surface area contributed by atoms with Crippen molar-refractivity contribution in [3.63, 3.8) is 0 Å². The van der Waals surface area contributed by atoms with Crippen LogP contribution in [0.5, 0.6) is 0 Å². The maximum absolute atomic E-state index is 13.7. The average Bonchev–Trinajstić information content (AvgIpc) is 2.61. The summed E-state index contributed by atoms with van der Waals surface area (Å²) in [6.07, 6.45) is 0. The Balaban J connectivity index is 1.90. The molecule has 7 heteroatoms. The molecular weight excluding hydrogens is 403 g/mol. The Morgan fingerprint density at radius 3 is 2.35 bits per heavy atom. The number of nitrogens with zero attached hydrogens (tertiary/aromatic N) is 2. The van der Waals surface area contributed by atoms with Crippen molar-refractivity contribution in [2.45, 2.75) is 6.54 Å². The monoisotopic (exact) mass is 422 g/mol. The van der Waals surface area contributed by atoms with Crippen LogP contribution in [0.4, 0.5) is 10.1 Å². The van der Waals surface area contributed by atoms with Crippen LogP contribution in [0.15, 0.2) is 46.9 Å². The number of anilines is 1. The number of hydrogen-bond donors (Lipinski definition) is 0. The first-order chi connectivity index (χ1) is 12.3. The second-order valence-electron chi connectivity index (χ2n) is 6.01. The summed E-state index contributed by atoms with van der Waals surface area (Å²) in [5, 5.41) is 0. The molecule has 0 bridgehead atoms. The first kappa shape index (κ1) is 19.9. The van der Waals surface area contributed by atoms with Crippen LogP contribution in [0.2, 0.25) is 0 Å². The smallest absolute Gasteiger partial charge is 0.341 e. The summed E-state index contributed by atoms with van der Waals surface area (Å²) < 4.78 is 19.1. The summed E-state index contributed by atoms with van der Waals surface area (Å²) in [5.41, 5.74) is 1.80. The summed E-state index contributed by atoms with van der Waals surface area (Å²) in [6.45, 7) is -0.0631. The van der Waals surface area contributed by atoms with E-state index in [1.807, 2.05) is 43.3 Å². The number of rotatable bonds is 6. The highest BCUT2D eigenvalue weighted by Gasteiger charge is 2.17. The van der Waals surface area contributed by atoms with Crippen molar-refractivity contribution >= 4 is 33.5 Å². The number of carbonyl (C=O) groups excluding carboxylic acids is 2. The molecule has 0 aromatic heterocycles. The molecule has 2 rings (SSSR count). The van der Waals surface area contributed by atoms with Crippen LogP contribution in [-0.4, -0.2) is 44.5 Å². The standard InChI is InChI=1S/C19H20BrFN2O3/c1-22(2)15-7-4-13(5-8-15)11-23(3)18(24)12-26-19(25)16-10-14(20)6-9-17(16)21/h4-10H,11-12H2,1-3H3. The minimum absolute atomic E-state index is 0.214. The Bertz CT molecular complexity index is 794. The predicted octanol–water partition coefficient (Wildman–Crippen LogP) is 3.47. The van der Waals surface area contributed by atoms with Gasteiger partial charge >= 0.3 is 5.97 Å². The molecule has 0 aliphatic carbocycles. The molecule has 0 aliphatic heterocycles. The van der Waals surface area contributed by atoms with Crippen molar-refractivity contribution in [1.29, 1.82) is 0 Å². The van der Waals surface area contributed by atoms with Crippen molar-refractivity contribution in [2.24, 2.45) is 0 Å². The number of carbonyl (C=O) groups is 2. The van der Waals surface area contributed by atoms with Gasteiger partial charge in [0.25, 0.3) is 5.91 Å². The quantitative estimate of drug-likeness (QED) is 0.668. The maximum Gasteiger partial charge on any atom is 0.341 e. The Morgan fingerprint density at radius 1 is 1.08 bits per heavy atom. The summed E-state index contributed by atoms with van der Waals surface area (Å²) in [5.74, 6) is -1.94. The Kier molecular flexibility index (Phi) is 6.74. The lowest BCUT2D eigenvalue weighted by molar-refractivity contribution is -0.133. The second kappa shape index (κ2) is 8.80. The zero-order valence-electron chi connectivity index (χ0n) is 14.8. The van der Waals surface area contributed by atoms with Crippen molar-refractivity contribution in [3.8, 4) is 0 Å². The van der Waals surface area contributed by atoms with E-state index in [0.29, 0.717) is 11.0 Å². The molecule has 0 saturated carbocycles. The van der Waals surface area contributed by atoms with E-state index in [-0.39, 0.29) is 11.5 Å². The lowest BCUT2D eigenvalue weighted by Crippen LogP contribution is -2.31. The molecule has 0 aliphatic rings. The van der Waals surface area contributed by atoms with Gasteiger partial charge in [-0.1, -0.05) is 28.1 Å². The largest absolute Gasteiger partial charge is 0.452 e. The minimum atomic E-state index is -0.874. The van der Waals surface area contributed by atoms with Gasteiger partial charge in [-0.2, -0.15) is 0 Å². The number of halogens is 2. The van der Waals surface area contributed by atoms with E-state index < -0.39 is 18.4 Å². The third-order valence-corrected chi connectivity index (χ3v) is 4.27. The molecule has 2 aromatic rings. The van der Waals surface area contributed by atoms with Crippen LogP contribution in [-0.2, 0) is 16.1 Å². The number of ether oxygens (including phenoxy) is 1. The van der Waals surface area contributed by atoms with E-state index >= 15 is 0 Å². The first-order valence-corrected chi connectivity index (χ1v) is 8.69. The van der Waals surface area contributed by atoms with Crippen molar-refractivity contribution in [2.75, 3.05) is 32.6 Å². The molecule has 0 N–H and O–H groups in total. The number of amides is 1. The third-order valence-electron chi connectivity index (χ3n) is 3.77. The van der Waals surface area contributed by atoms with Crippen LogP contribution in [0, 0.1) is 5.82 Å². The molecule has 0 spiro atoms. The number of hydrogen-bond acceptors (Lipinski definition) is 4. The highest BCUT2D eigenvalue weighted by molar-refractivity contribution is 9.10. The van der Waals surface area contributed by atoms with Crippen LogP contribution < -0.4 is 4.90 Å². The molecule has 2 aromatic carbocycles. The second-order valence-corrected chi connectivity index (χ2v) is 6.93. The molecule has 26 heavy (non-hydrogen) atoms. The summed E-state index contributed by atoms with van der Waals surface area (Å²) in [4.78, 5) is 27.5. The van der Waals surface area contributed by atoms with Gasteiger partial charge in [-0.25, -0.2) is 9.18 Å². The lowest BCUT2D eigenvalue weighted by atomic mass is 10.2. The topological polar surface area (TPSA) is 49.9 Å². The molecule has 0 fully saturated rings. The van der Waals surface area contributed by atoms with Crippen LogP contribution >= 0.6 is 15.9 Å². The fourth-order valence-electron chi connectivity index (χ4n) is 2.23. The number of benzene rings is 2. The number of likely N-dealkylation sites (N-methyl/N-ethyl adjacent to an activating group) is 1. The zero-order chi connectivity index (χ0) is 19.3. The molecule has 0 atom stereocenters. The van der Waals surface area contributed by atoms with Crippen LogP contribution in [0.3, 0.4) is 0 Å². The van der Waals surface area contributed by atoms with E-state index in [9.17, 15) is 14.0 Å². The highest BCUT2D eigenvalue weighted by Crippen LogP contribution is 2.17. The number of esters is 1. The van der Waals surface area contributed by atoms with Crippen LogP contribution in [0.1, 0.15) is 15.9 Å². The van der Waals surface area contributed by atoms with Crippen molar-refractivity contribution in [1.82, 2.24) is 4.90 Å². The molecule has 5 nitrogen and oxygen atoms in total. The average molecular weight is 423 g/mol. The van der Waals surface area contributed by atoms with Gasteiger partial charge in [-0.15, -0.1) is 0 Å². The molecule has 0 heterocycles. The normalized spacial score (nSPS) is 10.3. The van der Waals surface area contributed by atoms with Gasteiger partial charge in [0, 0.05) is 37.8 Å². The first-order valence-electron chi connectivity index (χ1n) is 7.90. The van der Waals surface area contributed by atoms with E-state index in [4.69, 9.17) is 4.74 Å². The van der Waals surface area contributed by atoms with Crippen molar-refractivity contribution in [3.05, 3.63) is 63.9 Å². The van der Waals surface area contributed by atoms with Gasteiger partial charge in [0.05, 0.1) is 5.56 Å². The van der Waals surface area contributed by atoms with E-state index in [1.165, 1.54) is 17.0 Å². The summed E-state index contributed by atoms with van der Waals surface area (Å²) in [6, 6.07) is 11.7. The predicted molar refractivity (Wildman–Crippen MR) is 102 cm³/mol. The van der Waals surface area contributed by atoms with Crippen LogP contribution in [0.25, 0.3) is 0 Å². The zero-order valence-corrected chi connectivity index (χ0v) is 16.4. The van der Waals surface area contributed by atoms with Gasteiger partial charge in [0.2, 0.25) is 0 Å². The van der Waals surface area contributed by atoms with Crippen molar-refractivity contribution < 1.29 is 18.7 Å². The fourth-order valence-corrected chi connectivity index (χ4v) is 2.59. The van der Waals surface area contributed by atoms with Gasteiger partial charge in [-0.05, 0) is 35.9 Å². The van der Waals surface area contributed by atoms with Gasteiger partial charge in [-0.3, -0.25) is 4.79 Å². The van der Waals surface area contributed by atoms with E-state index in [1.54, 1.807) is 7.05 Å². The molecule has 138 valence electrons. The SMILES string of the molecule is CN(Cc1ccc(N(C)C)cc1)C(=O)COC(=O)c1cc(Br)ccc1F. The third kappa shape index (κ3) is 5.29. The lowest BCUT2D eigenvalue weighted by Gasteiger charge is -2.18. The Morgan fingerprint density at radius 2 is 1.73 bits per heavy atom. The van der Waals surface area contributed by atoms with E-state index in [2.05, 4.69) is 15.9 Å². The Hall–Kier alpha value is -2.41. The molecule has 1 amide bonds. The minimum Gasteiger partial charge on any atom is -0.452 e. The molecule has 0 radical (unpaired) electrons.